The average Bonchev–Trinajstić information content (AvgIpc) is 3.44. The molecule has 2 aliphatic rings. The molecule has 3 aromatic rings. The molecule has 160 valence electrons. The molecule has 1 N–H and O–H groups in total. The van der Waals surface area contributed by atoms with Gasteiger partial charge in [0.25, 0.3) is 5.91 Å². The summed E-state index contributed by atoms with van der Waals surface area (Å²) in [6.45, 7) is 3.54. The minimum absolute atomic E-state index is 0.0506. The van der Waals surface area contributed by atoms with Crippen molar-refractivity contribution in [2.45, 2.75) is 38.6 Å². The maximum Gasteiger partial charge on any atom is 0.257 e. The number of carbonyl (C=O) groups excluding carboxylic acids is 1. The zero-order valence-corrected chi connectivity index (χ0v) is 18.1. The number of likely N-dealkylation sites (N-methyl/N-ethyl adjacent to an activating group) is 1. The molecule has 5 rings (SSSR count). The summed E-state index contributed by atoms with van der Waals surface area (Å²) in [7, 11) is 1.87. The molecule has 1 amide bonds. The Bertz CT molecular complexity index is 1080. The summed E-state index contributed by atoms with van der Waals surface area (Å²) in [5.74, 6) is 2.58. The fraction of sp³-hybridized carbons (Fsp3) is 0.375. The van der Waals surface area contributed by atoms with Gasteiger partial charge in [-0.2, -0.15) is 0 Å². The van der Waals surface area contributed by atoms with Crippen LogP contribution in [0, 0.1) is 6.92 Å². The van der Waals surface area contributed by atoms with Gasteiger partial charge in [0.15, 0.2) is 0 Å². The summed E-state index contributed by atoms with van der Waals surface area (Å²) in [5, 5.41) is 3.41. The number of hydrogen-bond acceptors (Lipinski definition) is 5. The Morgan fingerprint density at radius 2 is 1.81 bits per heavy atom. The van der Waals surface area contributed by atoms with Gasteiger partial charge in [0.05, 0.1) is 5.56 Å². The van der Waals surface area contributed by atoms with Gasteiger partial charge in [-0.25, -0.2) is 9.97 Å². The summed E-state index contributed by atoms with van der Waals surface area (Å²) < 4.78 is 2.05. The lowest BCUT2D eigenvalue weighted by molar-refractivity contribution is 0.0804. The molecule has 7 heteroatoms. The summed E-state index contributed by atoms with van der Waals surface area (Å²) >= 11 is 0. The quantitative estimate of drug-likeness (QED) is 0.692. The van der Waals surface area contributed by atoms with Gasteiger partial charge in [-0.3, -0.25) is 4.79 Å². The molecule has 31 heavy (non-hydrogen) atoms. The van der Waals surface area contributed by atoms with E-state index in [0.29, 0.717) is 11.6 Å². The predicted octanol–water partition coefficient (Wildman–Crippen LogP) is 4.15. The van der Waals surface area contributed by atoms with E-state index in [9.17, 15) is 4.79 Å². The standard InChI is InChI=1S/C24H28N6O/c1-17-25-13-14-29(17)20-9-7-18(8-10-20)26-22-12-11-21-23(27-22)30(19-5-3-4-6-19)16-15-28(2)24(21)31/h7-14,19H,3-6,15-16H2,1-2H3,(H,26,27). The number of imidazole rings is 1. The van der Waals surface area contributed by atoms with E-state index in [1.165, 1.54) is 25.7 Å². The first-order valence-electron chi connectivity index (χ1n) is 11.0. The molecule has 0 radical (unpaired) electrons. The van der Waals surface area contributed by atoms with Gasteiger partial charge < -0.3 is 19.7 Å². The molecule has 0 atom stereocenters. The minimum atomic E-state index is 0.0506. The number of amides is 1. The van der Waals surface area contributed by atoms with Crippen molar-refractivity contribution in [2.75, 3.05) is 30.4 Å². The maximum absolute atomic E-state index is 12.9. The molecular formula is C24H28N6O. The van der Waals surface area contributed by atoms with Gasteiger partial charge in [0, 0.05) is 49.9 Å². The van der Waals surface area contributed by atoms with Crippen LogP contribution in [0.25, 0.3) is 5.69 Å². The monoisotopic (exact) mass is 416 g/mol. The third kappa shape index (κ3) is 3.76. The summed E-state index contributed by atoms with van der Waals surface area (Å²) in [4.78, 5) is 26.2. The first-order valence-corrected chi connectivity index (χ1v) is 11.0. The zero-order chi connectivity index (χ0) is 21.4. The summed E-state index contributed by atoms with van der Waals surface area (Å²) in [6.07, 6.45) is 8.60. The second kappa shape index (κ2) is 8.06. The number of anilines is 3. The van der Waals surface area contributed by atoms with E-state index in [1.807, 2.05) is 49.0 Å². The van der Waals surface area contributed by atoms with Gasteiger partial charge in [-0.1, -0.05) is 12.8 Å². The number of pyridine rings is 1. The number of aromatic nitrogens is 3. The van der Waals surface area contributed by atoms with E-state index in [0.717, 1.165) is 41.9 Å². The molecule has 1 saturated carbocycles. The van der Waals surface area contributed by atoms with Crippen molar-refractivity contribution in [3.63, 3.8) is 0 Å². The summed E-state index contributed by atoms with van der Waals surface area (Å²) in [5.41, 5.74) is 2.72. The molecule has 1 aromatic carbocycles. The third-order valence-corrected chi connectivity index (χ3v) is 6.41. The Morgan fingerprint density at radius 1 is 1.03 bits per heavy atom. The highest BCUT2D eigenvalue weighted by molar-refractivity contribution is 5.99. The Hall–Kier alpha value is -3.35. The minimum Gasteiger partial charge on any atom is -0.351 e. The SMILES string of the molecule is Cc1nccn1-c1ccc(Nc2ccc3c(n2)N(C2CCCC2)CCN(C)C3=O)cc1. The Balaban J connectivity index is 1.43. The van der Waals surface area contributed by atoms with Crippen LogP contribution < -0.4 is 10.2 Å². The lowest BCUT2D eigenvalue weighted by Gasteiger charge is -2.30. The van der Waals surface area contributed by atoms with Crippen molar-refractivity contribution in [3.8, 4) is 5.69 Å². The van der Waals surface area contributed by atoms with E-state index in [-0.39, 0.29) is 5.91 Å². The molecular weight excluding hydrogens is 388 g/mol. The number of carbonyl (C=O) groups is 1. The van der Waals surface area contributed by atoms with Crippen LogP contribution in [0.3, 0.4) is 0 Å². The molecule has 0 unspecified atom stereocenters. The van der Waals surface area contributed by atoms with Crippen LogP contribution in [0.5, 0.6) is 0 Å². The van der Waals surface area contributed by atoms with Gasteiger partial charge in [-0.15, -0.1) is 0 Å². The first kappa shape index (κ1) is 19.6. The van der Waals surface area contributed by atoms with E-state index in [4.69, 9.17) is 4.98 Å². The van der Waals surface area contributed by atoms with Crippen LogP contribution in [0.1, 0.15) is 41.9 Å². The van der Waals surface area contributed by atoms with Crippen molar-refractivity contribution < 1.29 is 4.79 Å². The van der Waals surface area contributed by atoms with E-state index in [1.54, 1.807) is 11.1 Å². The van der Waals surface area contributed by atoms with Crippen LogP contribution in [-0.4, -0.2) is 51.5 Å². The normalized spacial score (nSPS) is 17.0. The van der Waals surface area contributed by atoms with Crippen LogP contribution in [-0.2, 0) is 0 Å². The van der Waals surface area contributed by atoms with Crippen molar-refractivity contribution >= 4 is 23.2 Å². The summed E-state index contributed by atoms with van der Waals surface area (Å²) in [6, 6.07) is 12.5. The Morgan fingerprint density at radius 3 is 2.52 bits per heavy atom. The number of fused-ring (bicyclic) bond motifs is 1. The van der Waals surface area contributed by atoms with E-state index < -0.39 is 0 Å². The number of hydrogen-bond donors (Lipinski definition) is 1. The highest BCUT2D eigenvalue weighted by Crippen LogP contribution is 2.32. The number of nitrogens with zero attached hydrogens (tertiary/aromatic N) is 5. The molecule has 0 saturated heterocycles. The molecule has 3 heterocycles. The fourth-order valence-corrected chi connectivity index (χ4v) is 4.65. The van der Waals surface area contributed by atoms with Crippen molar-refractivity contribution in [1.29, 1.82) is 0 Å². The highest BCUT2D eigenvalue weighted by atomic mass is 16.2. The smallest absolute Gasteiger partial charge is 0.257 e. The van der Waals surface area contributed by atoms with Crippen LogP contribution in [0.2, 0.25) is 0 Å². The highest BCUT2D eigenvalue weighted by Gasteiger charge is 2.31. The molecule has 7 nitrogen and oxygen atoms in total. The first-order chi connectivity index (χ1) is 15.1. The fourth-order valence-electron chi connectivity index (χ4n) is 4.65. The van der Waals surface area contributed by atoms with Gasteiger partial charge in [0.1, 0.15) is 17.5 Å². The van der Waals surface area contributed by atoms with Crippen molar-refractivity contribution in [2.24, 2.45) is 0 Å². The average molecular weight is 417 g/mol. The number of aryl methyl sites for hydroxylation is 1. The molecule has 1 aliphatic carbocycles. The second-order valence-electron chi connectivity index (χ2n) is 8.44. The lowest BCUT2D eigenvalue weighted by Crippen LogP contribution is -2.37. The van der Waals surface area contributed by atoms with Crippen molar-refractivity contribution in [3.05, 3.63) is 60.2 Å². The van der Waals surface area contributed by atoms with E-state index >= 15 is 0 Å². The predicted molar refractivity (Wildman–Crippen MR) is 122 cm³/mol. The largest absolute Gasteiger partial charge is 0.351 e. The second-order valence-corrected chi connectivity index (χ2v) is 8.44. The van der Waals surface area contributed by atoms with Gasteiger partial charge in [0.2, 0.25) is 0 Å². The topological polar surface area (TPSA) is 66.3 Å². The van der Waals surface area contributed by atoms with Crippen LogP contribution in [0.15, 0.2) is 48.8 Å². The van der Waals surface area contributed by atoms with E-state index in [2.05, 4.69) is 27.3 Å². The molecule has 1 aliphatic heterocycles. The number of benzene rings is 1. The molecule has 2 aromatic heterocycles. The Labute approximate surface area is 182 Å². The maximum atomic E-state index is 12.9. The van der Waals surface area contributed by atoms with Crippen LogP contribution in [0.4, 0.5) is 17.3 Å². The molecule has 0 bridgehead atoms. The lowest BCUT2D eigenvalue weighted by atomic mass is 10.1. The third-order valence-electron chi connectivity index (χ3n) is 6.41. The molecule has 0 spiro atoms. The number of rotatable bonds is 4. The van der Waals surface area contributed by atoms with Gasteiger partial charge >= 0.3 is 0 Å². The number of nitrogens with one attached hydrogen (secondary N) is 1. The zero-order valence-electron chi connectivity index (χ0n) is 18.1. The van der Waals surface area contributed by atoms with Gasteiger partial charge in [-0.05, 0) is 56.2 Å². The molecule has 1 fully saturated rings. The Kier molecular flexibility index (Phi) is 5.10. The van der Waals surface area contributed by atoms with Crippen LogP contribution >= 0.6 is 0 Å². The van der Waals surface area contributed by atoms with Crippen molar-refractivity contribution in [1.82, 2.24) is 19.4 Å².